The third kappa shape index (κ3) is 4.47. The SMILES string of the molecule is Cc1cc(C)[c-]([Si]2(c3ccccc3)CCCC2)c1.[Cl-].[Cl-].[Cl-].[Ti+4]. The van der Waals surface area contributed by atoms with E-state index in [1.54, 1.807) is 10.4 Å². The average Bonchev–Trinajstić information content (AvgIpc) is 2.98. The quantitative estimate of drug-likeness (QED) is 0.344. The van der Waals surface area contributed by atoms with Gasteiger partial charge >= 0.3 is 21.7 Å². The van der Waals surface area contributed by atoms with Crippen LogP contribution in [0.3, 0.4) is 0 Å². The molecule has 1 heterocycles. The molecule has 0 atom stereocenters. The van der Waals surface area contributed by atoms with Crippen LogP contribution < -0.4 is 47.6 Å². The molecule has 0 amide bonds. The summed E-state index contributed by atoms with van der Waals surface area (Å²) in [6.07, 6.45) is 2.84. The molecule has 118 valence electrons. The Kier molecular flexibility index (Phi) is 11.5. The summed E-state index contributed by atoms with van der Waals surface area (Å²) in [6, 6.07) is 19.1. The predicted octanol–water partition coefficient (Wildman–Crippen LogP) is -5.61. The van der Waals surface area contributed by atoms with Crippen LogP contribution in [0.4, 0.5) is 0 Å². The third-order valence-corrected chi connectivity index (χ3v) is 9.96. The van der Waals surface area contributed by atoms with Crippen molar-refractivity contribution in [3.8, 4) is 0 Å². The Bertz CT molecular complexity index is 548. The van der Waals surface area contributed by atoms with Crippen molar-refractivity contribution in [1.82, 2.24) is 0 Å². The van der Waals surface area contributed by atoms with E-state index in [1.807, 2.05) is 0 Å². The molecule has 1 fully saturated rings. The summed E-state index contributed by atoms with van der Waals surface area (Å²) < 4.78 is 0. The van der Waals surface area contributed by atoms with Crippen LogP contribution in [-0.2, 0) is 21.7 Å². The standard InChI is InChI=1S/C17H21Si.3ClH.Ti/c1-14-12-15(2)17(13-14)18(10-6-7-11-18)16-8-4-3-5-9-16;;;;/h3-5,8-9,12-13H,6-7,10-11H2,1-2H3;3*1H;/q-1;;;;+4/p-3. The van der Waals surface area contributed by atoms with E-state index >= 15 is 0 Å². The smallest absolute Gasteiger partial charge is 1.00 e. The Morgan fingerprint density at radius 2 is 1.45 bits per heavy atom. The van der Waals surface area contributed by atoms with Crippen LogP contribution >= 0.6 is 0 Å². The molecule has 0 saturated carbocycles. The van der Waals surface area contributed by atoms with Gasteiger partial charge in [-0.3, -0.25) is 0 Å². The molecule has 0 radical (unpaired) electrons. The summed E-state index contributed by atoms with van der Waals surface area (Å²) >= 11 is 0. The van der Waals surface area contributed by atoms with Crippen LogP contribution in [0.5, 0.6) is 0 Å². The van der Waals surface area contributed by atoms with Crippen molar-refractivity contribution in [2.45, 2.75) is 38.8 Å². The molecular weight excluding hydrogens is 386 g/mol. The number of benzene rings is 1. The zero-order valence-corrected chi connectivity index (χ0v) is 17.8. The Morgan fingerprint density at radius 3 is 1.91 bits per heavy atom. The van der Waals surface area contributed by atoms with Crippen molar-refractivity contribution in [3.63, 3.8) is 0 Å². The molecule has 0 spiro atoms. The molecule has 2 aromatic carbocycles. The monoisotopic (exact) mass is 406 g/mol. The summed E-state index contributed by atoms with van der Waals surface area (Å²) in [4.78, 5) is 0. The van der Waals surface area contributed by atoms with Crippen LogP contribution in [0.1, 0.15) is 24.0 Å². The zero-order chi connectivity index (χ0) is 12.6. The van der Waals surface area contributed by atoms with E-state index in [4.69, 9.17) is 0 Å². The first-order chi connectivity index (χ1) is 8.72. The zero-order valence-electron chi connectivity index (χ0n) is 13.0. The molecule has 5 heteroatoms. The molecule has 1 saturated heterocycles. The minimum Gasteiger partial charge on any atom is -1.00 e. The summed E-state index contributed by atoms with van der Waals surface area (Å²) in [7, 11) is -1.41. The Balaban J connectivity index is 0. The Labute approximate surface area is 169 Å². The van der Waals surface area contributed by atoms with Crippen molar-refractivity contribution in [1.29, 1.82) is 0 Å². The number of rotatable bonds is 2. The van der Waals surface area contributed by atoms with Crippen LogP contribution in [-0.4, -0.2) is 8.07 Å². The van der Waals surface area contributed by atoms with Gasteiger partial charge in [0.2, 0.25) is 0 Å². The van der Waals surface area contributed by atoms with Gasteiger partial charge in [0, 0.05) is 0 Å². The molecule has 1 aliphatic heterocycles. The van der Waals surface area contributed by atoms with Gasteiger partial charge in [0.1, 0.15) is 0 Å². The summed E-state index contributed by atoms with van der Waals surface area (Å²) in [5.74, 6) is 0. The van der Waals surface area contributed by atoms with Crippen LogP contribution in [0.15, 0.2) is 42.5 Å². The van der Waals surface area contributed by atoms with E-state index in [0.717, 1.165) is 0 Å². The van der Waals surface area contributed by atoms with Crippen LogP contribution in [0, 0.1) is 13.8 Å². The first-order valence-corrected chi connectivity index (χ1v) is 9.44. The second-order valence-electron chi connectivity index (χ2n) is 5.78. The fourth-order valence-corrected chi connectivity index (χ4v) is 9.31. The molecule has 3 rings (SSSR count). The maximum Gasteiger partial charge on any atom is 4.00 e. The molecule has 0 aromatic heterocycles. The van der Waals surface area contributed by atoms with E-state index in [1.165, 1.54) is 36.1 Å². The van der Waals surface area contributed by atoms with E-state index in [9.17, 15) is 0 Å². The number of hydrogen-bond donors (Lipinski definition) is 0. The predicted molar refractivity (Wildman–Crippen MR) is 81.8 cm³/mol. The Morgan fingerprint density at radius 1 is 0.909 bits per heavy atom. The maximum atomic E-state index is 2.47. The molecule has 2 aromatic rings. The molecule has 0 aliphatic carbocycles. The first-order valence-electron chi connectivity index (χ1n) is 7.02. The molecule has 0 nitrogen and oxygen atoms in total. The maximum absolute atomic E-state index is 2.47. The van der Waals surface area contributed by atoms with Gasteiger partial charge in [-0.15, -0.1) is 0 Å². The Hall–Kier alpha value is 0.371. The molecular formula is C17H21Cl3SiTi. The first kappa shape index (κ1) is 24.6. The van der Waals surface area contributed by atoms with Gasteiger partial charge in [-0.2, -0.15) is 16.8 Å². The number of halogens is 3. The van der Waals surface area contributed by atoms with E-state index in [0.29, 0.717) is 0 Å². The van der Waals surface area contributed by atoms with Crippen molar-refractivity contribution >= 4 is 18.4 Å². The summed E-state index contributed by atoms with van der Waals surface area (Å²) in [5, 5.41) is 3.36. The summed E-state index contributed by atoms with van der Waals surface area (Å²) in [6.45, 7) is 4.54. The minimum atomic E-state index is -1.41. The molecule has 22 heavy (non-hydrogen) atoms. The third-order valence-electron chi connectivity index (χ3n) is 4.54. The van der Waals surface area contributed by atoms with Crippen molar-refractivity contribution < 1.29 is 58.9 Å². The van der Waals surface area contributed by atoms with Gasteiger partial charge in [-0.05, 0) is 0 Å². The van der Waals surface area contributed by atoms with E-state index < -0.39 is 8.07 Å². The van der Waals surface area contributed by atoms with Gasteiger partial charge in [0.15, 0.2) is 0 Å². The fraction of sp³-hybridized carbons (Fsp3) is 0.353. The van der Waals surface area contributed by atoms with Gasteiger partial charge in [-0.25, -0.2) is 11.6 Å². The van der Waals surface area contributed by atoms with Crippen molar-refractivity contribution in [2.75, 3.05) is 0 Å². The molecule has 1 aliphatic rings. The van der Waals surface area contributed by atoms with E-state index in [-0.39, 0.29) is 58.9 Å². The average molecular weight is 408 g/mol. The van der Waals surface area contributed by atoms with E-state index in [2.05, 4.69) is 56.3 Å². The second kappa shape index (κ2) is 10.3. The fourth-order valence-electron chi connectivity index (χ4n) is 3.77. The van der Waals surface area contributed by atoms with Crippen LogP contribution in [0.25, 0.3) is 0 Å². The summed E-state index contributed by atoms with van der Waals surface area (Å²) in [5.41, 5.74) is 2.97. The minimum absolute atomic E-state index is 0. The van der Waals surface area contributed by atoms with Crippen LogP contribution in [0.2, 0.25) is 12.1 Å². The van der Waals surface area contributed by atoms with Gasteiger partial charge in [-0.1, -0.05) is 74.3 Å². The van der Waals surface area contributed by atoms with Crippen molar-refractivity contribution in [3.05, 3.63) is 53.6 Å². The topological polar surface area (TPSA) is 0 Å². The van der Waals surface area contributed by atoms with Gasteiger partial charge < -0.3 is 37.2 Å². The molecule has 0 unspecified atom stereocenters. The van der Waals surface area contributed by atoms with Crippen molar-refractivity contribution in [2.24, 2.45) is 0 Å². The van der Waals surface area contributed by atoms with Gasteiger partial charge in [0.05, 0.1) is 8.07 Å². The molecule has 0 N–H and O–H groups in total. The number of aryl methyl sites for hydroxylation is 2. The largest absolute Gasteiger partial charge is 4.00 e. The molecule has 0 bridgehead atoms. The second-order valence-corrected chi connectivity index (χ2v) is 10.1. The number of hydrogen-bond acceptors (Lipinski definition) is 0. The normalized spacial score (nSPS) is 14.8. The van der Waals surface area contributed by atoms with Gasteiger partial charge in [0.25, 0.3) is 0 Å².